The van der Waals surface area contributed by atoms with Gasteiger partial charge < -0.3 is 0 Å². The van der Waals surface area contributed by atoms with Gasteiger partial charge in [0, 0.05) is 24.5 Å². The number of nitrogens with zero attached hydrogens (tertiary/aromatic N) is 4. The van der Waals surface area contributed by atoms with Gasteiger partial charge in [-0.3, -0.25) is 14.0 Å². The Labute approximate surface area is 113 Å². The number of aryl methyl sites for hydroxylation is 2. The van der Waals surface area contributed by atoms with Crippen molar-refractivity contribution in [2.24, 2.45) is 0 Å². The molecule has 17 heavy (non-hydrogen) atoms. The molecule has 90 valence electrons. The Bertz CT molecular complexity index is 587. The van der Waals surface area contributed by atoms with Crippen molar-refractivity contribution >= 4 is 22.6 Å². The van der Waals surface area contributed by atoms with Crippen LogP contribution in [0.15, 0.2) is 23.4 Å². The maximum absolute atomic E-state index is 12.0. The van der Waals surface area contributed by atoms with Gasteiger partial charge in [0.1, 0.15) is 5.82 Å². The second-order valence-corrected chi connectivity index (χ2v) is 4.91. The van der Waals surface area contributed by atoms with Crippen LogP contribution < -0.4 is 5.56 Å². The molecule has 0 saturated heterocycles. The maximum atomic E-state index is 12.0. The summed E-state index contributed by atoms with van der Waals surface area (Å²) in [5, 5.41) is 4.19. The molecule has 0 spiro atoms. The highest BCUT2D eigenvalue weighted by Gasteiger charge is 2.07. The standard InChI is InChI=1S/C11H13IN4O/c1-3-15-6-9(4-14-15)7-16-8(2)13-5-10(12)11(16)17/h4-6H,3,7H2,1-2H3. The summed E-state index contributed by atoms with van der Waals surface area (Å²) in [6, 6.07) is 0. The second kappa shape index (κ2) is 4.99. The van der Waals surface area contributed by atoms with Crippen molar-refractivity contribution in [1.82, 2.24) is 19.3 Å². The topological polar surface area (TPSA) is 52.7 Å². The van der Waals surface area contributed by atoms with Gasteiger partial charge in [0.2, 0.25) is 0 Å². The Kier molecular flexibility index (Phi) is 3.60. The van der Waals surface area contributed by atoms with Crippen LogP contribution in [-0.4, -0.2) is 19.3 Å². The third-order valence-electron chi connectivity index (χ3n) is 2.56. The van der Waals surface area contributed by atoms with Gasteiger partial charge in [-0.1, -0.05) is 0 Å². The van der Waals surface area contributed by atoms with E-state index in [0.29, 0.717) is 10.1 Å². The van der Waals surface area contributed by atoms with E-state index in [2.05, 4.69) is 10.1 Å². The van der Waals surface area contributed by atoms with E-state index in [1.54, 1.807) is 17.0 Å². The van der Waals surface area contributed by atoms with E-state index in [9.17, 15) is 4.79 Å². The van der Waals surface area contributed by atoms with Crippen LogP contribution in [0, 0.1) is 10.5 Å². The average molecular weight is 344 g/mol. The first-order valence-electron chi connectivity index (χ1n) is 5.35. The molecule has 2 heterocycles. The molecule has 0 radical (unpaired) electrons. The lowest BCUT2D eigenvalue weighted by Gasteiger charge is -2.07. The number of rotatable bonds is 3. The van der Waals surface area contributed by atoms with Crippen LogP contribution in [0.1, 0.15) is 18.3 Å². The first kappa shape index (κ1) is 12.3. The van der Waals surface area contributed by atoms with E-state index in [-0.39, 0.29) is 5.56 Å². The average Bonchev–Trinajstić information content (AvgIpc) is 2.77. The van der Waals surface area contributed by atoms with Gasteiger partial charge >= 0.3 is 0 Å². The normalized spacial score (nSPS) is 10.8. The maximum Gasteiger partial charge on any atom is 0.267 e. The second-order valence-electron chi connectivity index (χ2n) is 3.75. The number of halogens is 1. The van der Waals surface area contributed by atoms with Crippen molar-refractivity contribution in [3.05, 3.63) is 43.9 Å². The Morgan fingerprint density at radius 1 is 1.41 bits per heavy atom. The van der Waals surface area contributed by atoms with Crippen molar-refractivity contribution in [1.29, 1.82) is 0 Å². The zero-order valence-electron chi connectivity index (χ0n) is 9.72. The molecule has 5 nitrogen and oxygen atoms in total. The molecule has 0 fully saturated rings. The summed E-state index contributed by atoms with van der Waals surface area (Å²) in [7, 11) is 0. The molecule has 2 aromatic rings. The summed E-state index contributed by atoms with van der Waals surface area (Å²) in [5.74, 6) is 0.722. The summed E-state index contributed by atoms with van der Waals surface area (Å²) < 4.78 is 4.15. The van der Waals surface area contributed by atoms with Gasteiger partial charge in [0.05, 0.1) is 16.3 Å². The lowest BCUT2D eigenvalue weighted by Crippen LogP contribution is -2.25. The summed E-state index contributed by atoms with van der Waals surface area (Å²) in [5.41, 5.74) is 1.02. The lowest BCUT2D eigenvalue weighted by molar-refractivity contribution is 0.656. The zero-order valence-corrected chi connectivity index (χ0v) is 11.9. The van der Waals surface area contributed by atoms with E-state index >= 15 is 0 Å². The van der Waals surface area contributed by atoms with Gasteiger partial charge in [0.25, 0.3) is 5.56 Å². The van der Waals surface area contributed by atoms with E-state index in [4.69, 9.17) is 0 Å². The van der Waals surface area contributed by atoms with Crippen LogP contribution in [0.4, 0.5) is 0 Å². The molecule has 0 aliphatic rings. The van der Waals surface area contributed by atoms with Gasteiger partial charge in [-0.25, -0.2) is 4.98 Å². The first-order chi connectivity index (χ1) is 8.11. The number of aromatic nitrogens is 4. The lowest BCUT2D eigenvalue weighted by atomic mass is 10.3. The van der Waals surface area contributed by atoms with Crippen molar-refractivity contribution < 1.29 is 0 Å². The summed E-state index contributed by atoms with van der Waals surface area (Å²) in [4.78, 5) is 16.1. The molecule has 0 aliphatic heterocycles. The molecular weight excluding hydrogens is 331 g/mol. The summed E-state index contributed by atoms with van der Waals surface area (Å²) in [6.07, 6.45) is 5.34. The highest BCUT2D eigenvalue weighted by molar-refractivity contribution is 14.1. The molecule has 0 unspecified atom stereocenters. The van der Waals surface area contributed by atoms with Crippen molar-refractivity contribution in [3.63, 3.8) is 0 Å². The first-order valence-corrected chi connectivity index (χ1v) is 6.43. The molecule has 6 heteroatoms. The molecule has 0 aromatic carbocycles. The number of hydrogen-bond donors (Lipinski definition) is 0. The third kappa shape index (κ3) is 2.56. The minimum absolute atomic E-state index is 0.00217. The third-order valence-corrected chi connectivity index (χ3v) is 3.30. The minimum atomic E-state index is 0.00217. The molecule has 0 amide bonds. The smallest absolute Gasteiger partial charge is 0.267 e. The SMILES string of the molecule is CCn1cc(Cn2c(C)ncc(I)c2=O)cn1. The van der Waals surface area contributed by atoms with Crippen LogP contribution >= 0.6 is 22.6 Å². The van der Waals surface area contributed by atoms with Gasteiger partial charge in [0.15, 0.2) is 0 Å². The monoisotopic (exact) mass is 344 g/mol. The molecule has 0 atom stereocenters. The molecule has 2 aromatic heterocycles. The Balaban J connectivity index is 2.36. The Morgan fingerprint density at radius 3 is 2.82 bits per heavy atom. The summed E-state index contributed by atoms with van der Waals surface area (Å²) >= 11 is 2.01. The van der Waals surface area contributed by atoms with E-state index in [0.717, 1.165) is 17.9 Å². The van der Waals surface area contributed by atoms with Crippen LogP contribution in [-0.2, 0) is 13.1 Å². The van der Waals surface area contributed by atoms with Crippen LogP contribution in [0.2, 0.25) is 0 Å². The van der Waals surface area contributed by atoms with E-state index in [1.165, 1.54) is 0 Å². The predicted octanol–water partition coefficient (Wildman–Crippen LogP) is 1.42. The van der Waals surface area contributed by atoms with Gasteiger partial charge in [-0.15, -0.1) is 0 Å². The van der Waals surface area contributed by atoms with Crippen molar-refractivity contribution in [2.45, 2.75) is 26.9 Å². The van der Waals surface area contributed by atoms with Crippen molar-refractivity contribution in [2.75, 3.05) is 0 Å². The van der Waals surface area contributed by atoms with Crippen LogP contribution in [0.25, 0.3) is 0 Å². The minimum Gasteiger partial charge on any atom is -0.291 e. The van der Waals surface area contributed by atoms with Crippen LogP contribution in [0.5, 0.6) is 0 Å². The predicted molar refractivity (Wildman–Crippen MR) is 73.0 cm³/mol. The van der Waals surface area contributed by atoms with Gasteiger partial charge in [-0.2, -0.15) is 5.10 Å². The number of hydrogen-bond acceptors (Lipinski definition) is 3. The fourth-order valence-corrected chi connectivity index (χ4v) is 2.01. The molecular formula is C11H13IN4O. The highest BCUT2D eigenvalue weighted by Crippen LogP contribution is 2.03. The van der Waals surface area contributed by atoms with Crippen molar-refractivity contribution in [3.8, 4) is 0 Å². The molecule has 0 N–H and O–H groups in total. The summed E-state index contributed by atoms with van der Waals surface area (Å²) in [6.45, 7) is 5.22. The van der Waals surface area contributed by atoms with E-state index < -0.39 is 0 Å². The Hall–Kier alpha value is -1.18. The molecule has 2 rings (SSSR count). The van der Waals surface area contributed by atoms with E-state index in [1.807, 2.05) is 47.3 Å². The molecule has 0 aliphatic carbocycles. The van der Waals surface area contributed by atoms with Crippen LogP contribution in [0.3, 0.4) is 0 Å². The highest BCUT2D eigenvalue weighted by atomic mass is 127. The quantitative estimate of drug-likeness (QED) is 0.792. The fourth-order valence-electron chi connectivity index (χ4n) is 1.58. The molecule has 0 saturated carbocycles. The fraction of sp³-hybridized carbons (Fsp3) is 0.364. The zero-order chi connectivity index (χ0) is 12.4. The Morgan fingerprint density at radius 2 is 2.18 bits per heavy atom. The molecule has 0 bridgehead atoms. The van der Waals surface area contributed by atoms with Gasteiger partial charge in [-0.05, 0) is 36.4 Å². The largest absolute Gasteiger partial charge is 0.291 e.